The van der Waals surface area contributed by atoms with Crippen LogP contribution in [0.4, 0.5) is 0 Å². The molecule has 0 radical (unpaired) electrons. The van der Waals surface area contributed by atoms with Crippen LogP contribution in [-0.4, -0.2) is 54.0 Å². The molecule has 2 saturated heterocycles. The van der Waals surface area contributed by atoms with E-state index in [1.807, 2.05) is 0 Å². The number of rotatable bonds is 2. The number of likely N-dealkylation sites (tertiary alicyclic amines) is 2. The lowest BCUT2D eigenvalue weighted by atomic mass is 9.89. The molecule has 0 bridgehead atoms. The minimum Gasteiger partial charge on any atom is -0.306 e. The highest BCUT2D eigenvalue weighted by molar-refractivity contribution is 14.1. The minimum atomic E-state index is 0.974. The number of hydrogen-bond donors (Lipinski definition) is 0. The maximum absolute atomic E-state index is 2.65. The fraction of sp³-hybridized carbons (Fsp3) is 1.00. The summed E-state index contributed by atoms with van der Waals surface area (Å²) in [6.07, 6.45) is 1.43. The van der Waals surface area contributed by atoms with Crippen LogP contribution >= 0.6 is 22.6 Å². The van der Waals surface area contributed by atoms with Gasteiger partial charge in [0.05, 0.1) is 0 Å². The van der Waals surface area contributed by atoms with Crippen molar-refractivity contribution in [2.24, 2.45) is 11.8 Å². The van der Waals surface area contributed by atoms with Gasteiger partial charge < -0.3 is 9.80 Å². The molecule has 0 amide bonds. The van der Waals surface area contributed by atoms with E-state index in [-0.39, 0.29) is 0 Å². The number of alkyl halides is 1. The van der Waals surface area contributed by atoms with Crippen molar-refractivity contribution in [3.05, 3.63) is 0 Å². The summed E-state index contributed by atoms with van der Waals surface area (Å²) >= 11 is 2.48. The van der Waals surface area contributed by atoms with E-state index >= 15 is 0 Å². The third-order valence-corrected chi connectivity index (χ3v) is 3.96. The van der Waals surface area contributed by atoms with Gasteiger partial charge in [-0.3, -0.25) is 0 Å². The number of halogens is 1. The lowest BCUT2D eigenvalue weighted by Crippen LogP contribution is -2.37. The van der Waals surface area contributed by atoms with Crippen LogP contribution in [0.15, 0.2) is 0 Å². The predicted octanol–water partition coefficient (Wildman–Crippen LogP) is 1.30. The molecule has 2 fully saturated rings. The Balaban J connectivity index is 1.87. The van der Waals surface area contributed by atoms with E-state index in [9.17, 15) is 0 Å². The molecule has 2 aliphatic rings. The van der Waals surface area contributed by atoms with Crippen LogP contribution in [0.5, 0.6) is 0 Å². The SMILES string of the molecule is CN1CCC2CN(CCI)CC2C1. The van der Waals surface area contributed by atoms with Gasteiger partial charge in [-0.05, 0) is 31.8 Å². The molecule has 0 aliphatic carbocycles. The van der Waals surface area contributed by atoms with Gasteiger partial charge in [-0.2, -0.15) is 0 Å². The molecular weight excluding hydrogens is 275 g/mol. The fourth-order valence-corrected chi connectivity index (χ4v) is 3.43. The van der Waals surface area contributed by atoms with Crippen molar-refractivity contribution in [1.82, 2.24) is 9.80 Å². The second-order valence-electron chi connectivity index (χ2n) is 4.52. The summed E-state index contributed by atoms with van der Waals surface area (Å²) in [6.45, 7) is 6.69. The van der Waals surface area contributed by atoms with Gasteiger partial charge in [0.2, 0.25) is 0 Å². The summed E-state index contributed by atoms with van der Waals surface area (Å²) in [5.74, 6) is 1.99. The van der Waals surface area contributed by atoms with E-state index in [2.05, 4.69) is 39.4 Å². The zero-order valence-electron chi connectivity index (χ0n) is 8.38. The largest absolute Gasteiger partial charge is 0.306 e. The Labute approximate surface area is 94.8 Å². The Morgan fingerprint density at radius 2 is 2.00 bits per heavy atom. The van der Waals surface area contributed by atoms with E-state index in [1.54, 1.807) is 0 Å². The molecule has 13 heavy (non-hydrogen) atoms. The van der Waals surface area contributed by atoms with Gasteiger partial charge >= 0.3 is 0 Å². The van der Waals surface area contributed by atoms with E-state index in [0.29, 0.717) is 0 Å². The second kappa shape index (κ2) is 4.45. The Morgan fingerprint density at radius 3 is 2.77 bits per heavy atom. The van der Waals surface area contributed by atoms with Gasteiger partial charge in [-0.25, -0.2) is 0 Å². The summed E-state index contributed by atoms with van der Waals surface area (Å²) in [7, 11) is 2.26. The van der Waals surface area contributed by atoms with Crippen molar-refractivity contribution in [3.8, 4) is 0 Å². The van der Waals surface area contributed by atoms with Gasteiger partial charge in [-0.1, -0.05) is 22.6 Å². The topological polar surface area (TPSA) is 6.48 Å². The van der Waals surface area contributed by atoms with E-state index in [4.69, 9.17) is 0 Å². The number of piperidine rings is 1. The number of hydrogen-bond acceptors (Lipinski definition) is 2. The third kappa shape index (κ3) is 2.36. The van der Waals surface area contributed by atoms with Crippen LogP contribution in [0.1, 0.15) is 6.42 Å². The van der Waals surface area contributed by atoms with Crippen molar-refractivity contribution < 1.29 is 0 Å². The highest BCUT2D eigenvalue weighted by atomic mass is 127. The Morgan fingerprint density at radius 1 is 1.23 bits per heavy atom. The van der Waals surface area contributed by atoms with Gasteiger partial charge in [0.1, 0.15) is 0 Å². The normalized spacial score (nSPS) is 36.5. The molecule has 0 aromatic rings. The molecule has 0 N–H and O–H groups in total. The van der Waals surface area contributed by atoms with E-state index in [1.165, 1.54) is 43.6 Å². The van der Waals surface area contributed by atoms with Gasteiger partial charge in [0, 0.05) is 30.6 Å². The van der Waals surface area contributed by atoms with Crippen LogP contribution in [-0.2, 0) is 0 Å². The van der Waals surface area contributed by atoms with Crippen molar-refractivity contribution in [2.45, 2.75) is 6.42 Å². The zero-order valence-corrected chi connectivity index (χ0v) is 10.5. The van der Waals surface area contributed by atoms with Crippen molar-refractivity contribution in [1.29, 1.82) is 0 Å². The fourth-order valence-electron chi connectivity index (χ4n) is 2.75. The summed E-state index contributed by atoms with van der Waals surface area (Å²) in [4.78, 5) is 5.15. The zero-order chi connectivity index (χ0) is 9.26. The molecule has 76 valence electrons. The first-order valence-electron chi connectivity index (χ1n) is 5.26. The molecule has 2 nitrogen and oxygen atoms in total. The van der Waals surface area contributed by atoms with Gasteiger partial charge in [-0.15, -0.1) is 0 Å². The molecule has 0 spiro atoms. The van der Waals surface area contributed by atoms with Crippen LogP contribution in [0, 0.1) is 11.8 Å². The van der Waals surface area contributed by atoms with E-state index < -0.39 is 0 Å². The molecule has 2 unspecified atom stereocenters. The Kier molecular flexibility index (Phi) is 3.48. The Bertz CT molecular complexity index is 174. The molecule has 2 rings (SSSR count). The van der Waals surface area contributed by atoms with Crippen LogP contribution in [0.2, 0.25) is 0 Å². The van der Waals surface area contributed by atoms with Crippen molar-refractivity contribution in [3.63, 3.8) is 0 Å². The molecule has 0 aromatic carbocycles. The summed E-state index contributed by atoms with van der Waals surface area (Å²) in [5.41, 5.74) is 0. The first-order valence-corrected chi connectivity index (χ1v) is 6.79. The van der Waals surface area contributed by atoms with Crippen molar-refractivity contribution >= 4 is 22.6 Å². The smallest absolute Gasteiger partial charge is 0.0123 e. The standard InChI is InChI=1S/C10H19IN2/c1-12-4-2-9-7-13(5-3-11)8-10(9)6-12/h9-10H,2-8H2,1H3. The molecular formula is C10H19IN2. The second-order valence-corrected chi connectivity index (χ2v) is 5.60. The molecule has 0 aromatic heterocycles. The molecule has 2 heterocycles. The lowest BCUT2D eigenvalue weighted by Gasteiger charge is -2.31. The maximum Gasteiger partial charge on any atom is 0.0123 e. The summed E-state index contributed by atoms with van der Waals surface area (Å²) < 4.78 is 1.28. The molecule has 0 saturated carbocycles. The Hall–Kier alpha value is 0.650. The molecule has 2 atom stereocenters. The van der Waals surface area contributed by atoms with Crippen molar-refractivity contribution in [2.75, 3.05) is 44.2 Å². The molecule has 3 heteroatoms. The quantitative estimate of drug-likeness (QED) is 0.559. The number of fused-ring (bicyclic) bond motifs is 1. The monoisotopic (exact) mass is 294 g/mol. The summed E-state index contributed by atoms with van der Waals surface area (Å²) in [5, 5.41) is 0. The predicted molar refractivity (Wildman–Crippen MR) is 64.4 cm³/mol. The van der Waals surface area contributed by atoms with Gasteiger partial charge in [0.25, 0.3) is 0 Å². The highest BCUT2D eigenvalue weighted by Crippen LogP contribution is 2.30. The first-order chi connectivity index (χ1) is 6.29. The third-order valence-electron chi connectivity index (χ3n) is 3.48. The minimum absolute atomic E-state index is 0.974. The average molecular weight is 294 g/mol. The maximum atomic E-state index is 2.65. The highest BCUT2D eigenvalue weighted by Gasteiger charge is 2.35. The molecule has 2 aliphatic heterocycles. The summed E-state index contributed by atoms with van der Waals surface area (Å²) in [6, 6.07) is 0. The van der Waals surface area contributed by atoms with Crippen LogP contribution in [0.3, 0.4) is 0 Å². The van der Waals surface area contributed by atoms with Gasteiger partial charge in [0.15, 0.2) is 0 Å². The average Bonchev–Trinajstić information content (AvgIpc) is 2.46. The van der Waals surface area contributed by atoms with Crippen LogP contribution < -0.4 is 0 Å². The van der Waals surface area contributed by atoms with Crippen LogP contribution in [0.25, 0.3) is 0 Å². The lowest BCUT2D eigenvalue weighted by molar-refractivity contribution is 0.178. The first kappa shape index (κ1) is 10.2. The van der Waals surface area contributed by atoms with E-state index in [0.717, 1.165) is 11.8 Å². The number of nitrogens with zero attached hydrogens (tertiary/aromatic N) is 2.